The number of pyridine rings is 1. The van der Waals surface area contributed by atoms with E-state index in [1.807, 2.05) is 18.4 Å². The maximum Gasteiger partial charge on any atom is 0.251 e. The third-order valence-electron chi connectivity index (χ3n) is 2.32. The largest absolute Gasteiger partial charge is 0.310 e. The first-order valence-electron chi connectivity index (χ1n) is 4.38. The molecule has 1 aliphatic carbocycles. The van der Waals surface area contributed by atoms with Gasteiger partial charge in [-0.25, -0.2) is 0 Å². The highest BCUT2D eigenvalue weighted by Crippen LogP contribution is 2.34. The minimum Gasteiger partial charge on any atom is -0.310 e. The Morgan fingerprint density at radius 2 is 2.00 bits per heavy atom. The maximum atomic E-state index is 11.5. The van der Waals surface area contributed by atoms with E-state index in [0.29, 0.717) is 6.04 Å². The van der Waals surface area contributed by atoms with Gasteiger partial charge in [0.1, 0.15) is 0 Å². The van der Waals surface area contributed by atoms with Gasteiger partial charge in [0.2, 0.25) is 0 Å². The number of hydrogen-bond donors (Lipinski definition) is 0. The van der Waals surface area contributed by atoms with Crippen molar-refractivity contribution in [3.63, 3.8) is 0 Å². The van der Waals surface area contributed by atoms with Crippen LogP contribution >= 0.6 is 0 Å². The molecule has 0 radical (unpaired) electrons. The molecule has 0 bridgehead atoms. The van der Waals surface area contributed by atoms with Crippen LogP contribution in [0.5, 0.6) is 0 Å². The quantitative estimate of drug-likeness (QED) is 0.618. The van der Waals surface area contributed by atoms with Gasteiger partial charge >= 0.3 is 0 Å². The minimum atomic E-state index is 0.162. The molecule has 0 amide bonds. The molecule has 2 heteroatoms. The molecule has 1 saturated carbocycles. The van der Waals surface area contributed by atoms with E-state index < -0.39 is 0 Å². The maximum absolute atomic E-state index is 11.5. The molecule has 0 unspecified atom stereocenters. The third-order valence-corrected chi connectivity index (χ3v) is 2.32. The van der Waals surface area contributed by atoms with Crippen LogP contribution in [0.2, 0.25) is 0 Å². The molecular weight excluding hydrogens is 150 g/mol. The summed E-state index contributed by atoms with van der Waals surface area (Å²) in [5.74, 6) is 0. The van der Waals surface area contributed by atoms with Crippen LogP contribution in [0.3, 0.4) is 0 Å². The summed E-state index contributed by atoms with van der Waals surface area (Å²) in [6.45, 7) is 3.97. The van der Waals surface area contributed by atoms with Gasteiger partial charge in [0.05, 0.1) is 0 Å². The Labute approximate surface area is 71.8 Å². The van der Waals surface area contributed by atoms with E-state index in [1.165, 1.54) is 12.8 Å². The van der Waals surface area contributed by atoms with Crippen LogP contribution in [-0.2, 0) is 0 Å². The monoisotopic (exact) mass is 163 g/mol. The summed E-state index contributed by atoms with van der Waals surface area (Å²) in [5, 5.41) is 0. The van der Waals surface area contributed by atoms with Gasteiger partial charge in [-0.05, 0) is 38.3 Å². The lowest BCUT2D eigenvalue weighted by atomic mass is 10.2. The molecule has 12 heavy (non-hydrogen) atoms. The summed E-state index contributed by atoms with van der Waals surface area (Å²) in [7, 11) is 0. The van der Waals surface area contributed by atoms with Crippen molar-refractivity contribution >= 4 is 0 Å². The van der Waals surface area contributed by atoms with Gasteiger partial charge in [-0.15, -0.1) is 0 Å². The lowest BCUT2D eigenvalue weighted by molar-refractivity contribution is 0.680. The van der Waals surface area contributed by atoms with Gasteiger partial charge in [-0.2, -0.15) is 0 Å². The predicted octanol–water partition coefficient (Wildman–Crippen LogP) is 1.80. The van der Waals surface area contributed by atoms with E-state index in [4.69, 9.17) is 0 Å². The Kier molecular flexibility index (Phi) is 1.56. The van der Waals surface area contributed by atoms with Gasteiger partial charge in [0, 0.05) is 17.8 Å². The standard InChI is InChI=1S/C10H13NO/c1-7-5-8(2)11(9-3-4-9)10(12)6-7/h5-6,9H,3-4H2,1-2H3. The van der Waals surface area contributed by atoms with Crippen LogP contribution in [0.15, 0.2) is 16.9 Å². The van der Waals surface area contributed by atoms with Crippen molar-refractivity contribution in [3.05, 3.63) is 33.7 Å². The van der Waals surface area contributed by atoms with Gasteiger partial charge in [0.25, 0.3) is 5.56 Å². The van der Waals surface area contributed by atoms with Crippen LogP contribution in [0.1, 0.15) is 30.1 Å². The van der Waals surface area contributed by atoms with Gasteiger partial charge in [-0.3, -0.25) is 4.79 Å². The van der Waals surface area contributed by atoms with E-state index in [1.54, 1.807) is 6.07 Å². The molecule has 0 saturated heterocycles. The Morgan fingerprint density at radius 3 is 2.50 bits per heavy atom. The molecule has 1 aliphatic rings. The fraction of sp³-hybridized carbons (Fsp3) is 0.500. The Bertz CT molecular complexity index is 361. The van der Waals surface area contributed by atoms with Crippen LogP contribution in [0, 0.1) is 13.8 Å². The average Bonchev–Trinajstić information content (AvgIpc) is 2.68. The highest BCUT2D eigenvalue weighted by Gasteiger charge is 2.25. The lowest BCUT2D eigenvalue weighted by Gasteiger charge is -2.07. The van der Waals surface area contributed by atoms with Crippen molar-refractivity contribution < 1.29 is 0 Å². The first kappa shape index (κ1) is 7.59. The fourth-order valence-electron chi connectivity index (χ4n) is 1.68. The third kappa shape index (κ3) is 1.17. The molecule has 2 nitrogen and oxygen atoms in total. The summed E-state index contributed by atoms with van der Waals surface area (Å²) in [6, 6.07) is 4.28. The molecule has 0 atom stereocenters. The summed E-state index contributed by atoms with van der Waals surface area (Å²) >= 11 is 0. The second-order valence-electron chi connectivity index (χ2n) is 3.61. The molecule has 0 N–H and O–H groups in total. The predicted molar refractivity (Wildman–Crippen MR) is 48.4 cm³/mol. The van der Waals surface area contributed by atoms with Crippen LogP contribution in [0.25, 0.3) is 0 Å². The van der Waals surface area contributed by atoms with Crippen molar-refractivity contribution in [3.8, 4) is 0 Å². The molecule has 1 fully saturated rings. The number of aryl methyl sites for hydroxylation is 2. The van der Waals surface area contributed by atoms with E-state index >= 15 is 0 Å². The topological polar surface area (TPSA) is 22.0 Å². The van der Waals surface area contributed by atoms with Crippen LogP contribution in [-0.4, -0.2) is 4.57 Å². The van der Waals surface area contributed by atoms with E-state index in [9.17, 15) is 4.79 Å². The van der Waals surface area contributed by atoms with Crippen LogP contribution in [0.4, 0.5) is 0 Å². The second-order valence-corrected chi connectivity index (χ2v) is 3.61. The normalized spacial score (nSPS) is 16.5. The molecule has 1 aromatic heterocycles. The van der Waals surface area contributed by atoms with Gasteiger partial charge < -0.3 is 4.57 Å². The highest BCUT2D eigenvalue weighted by atomic mass is 16.1. The zero-order valence-electron chi connectivity index (χ0n) is 7.50. The molecular formula is C10H13NO. The Hall–Kier alpha value is -1.05. The fourth-order valence-corrected chi connectivity index (χ4v) is 1.68. The second kappa shape index (κ2) is 2.47. The van der Waals surface area contributed by atoms with Crippen molar-refractivity contribution in [2.24, 2.45) is 0 Å². The highest BCUT2D eigenvalue weighted by molar-refractivity contribution is 5.16. The van der Waals surface area contributed by atoms with E-state index in [-0.39, 0.29) is 5.56 Å². The van der Waals surface area contributed by atoms with Gasteiger partial charge in [-0.1, -0.05) is 0 Å². The molecule has 2 rings (SSSR count). The molecule has 64 valence electrons. The zero-order chi connectivity index (χ0) is 8.72. The van der Waals surface area contributed by atoms with Crippen molar-refractivity contribution in [1.82, 2.24) is 4.57 Å². The minimum absolute atomic E-state index is 0.162. The van der Waals surface area contributed by atoms with E-state index in [2.05, 4.69) is 6.07 Å². The first-order chi connectivity index (χ1) is 5.68. The summed E-state index contributed by atoms with van der Waals surface area (Å²) in [4.78, 5) is 11.5. The van der Waals surface area contributed by atoms with Gasteiger partial charge in [0.15, 0.2) is 0 Å². The smallest absolute Gasteiger partial charge is 0.251 e. The first-order valence-corrected chi connectivity index (χ1v) is 4.38. The Balaban J connectivity index is 2.59. The zero-order valence-corrected chi connectivity index (χ0v) is 7.50. The number of hydrogen-bond acceptors (Lipinski definition) is 1. The number of aromatic nitrogens is 1. The number of nitrogens with zero attached hydrogens (tertiary/aromatic N) is 1. The summed E-state index contributed by atoms with van der Waals surface area (Å²) in [6.07, 6.45) is 2.34. The van der Waals surface area contributed by atoms with Crippen LogP contribution < -0.4 is 5.56 Å². The molecule has 0 aliphatic heterocycles. The molecule has 0 aromatic carbocycles. The number of rotatable bonds is 1. The van der Waals surface area contributed by atoms with Crippen molar-refractivity contribution in [1.29, 1.82) is 0 Å². The van der Waals surface area contributed by atoms with E-state index in [0.717, 1.165) is 11.3 Å². The molecule has 0 spiro atoms. The molecule has 1 heterocycles. The summed E-state index contributed by atoms with van der Waals surface area (Å²) in [5.41, 5.74) is 2.33. The molecule has 1 aromatic rings. The van der Waals surface area contributed by atoms with Crippen molar-refractivity contribution in [2.75, 3.05) is 0 Å². The average molecular weight is 163 g/mol. The van der Waals surface area contributed by atoms with Crippen molar-refractivity contribution in [2.45, 2.75) is 32.7 Å². The Morgan fingerprint density at radius 1 is 1.33 bits per heavy atom. The lowest BCUT2D eigenvalue weighted by Crippen LogP contribution is -2.20. The SMILES string of the molecule is Cc1cc(C)n(C2CC2)c(=O)c1. The summed E-state index contributed by atoms with van der Waals surface area (Å²) < 4.78 is 1.91.